The van der Waals surface area contributed by atoms with Gasteiger partial charge in [-0.3, -0.25) is 4.79 Å². The predicted octanol–water partition coefficient (Wildman–Crippen LogP) is 2.56. The van der Waals surface area contributed by atoms with Gasteiger partial charge in [0.1, 0.15) is 5.56 Å². The summed E-state index contributed by atoms with van der Waals surface area (Å²) in [5.74, 6) is -0.831. The van der Waals surface area contributed by atoms with Crippen molar-refractivity contribution in [3.8, 4) is 5.69 Å². The second-order valence-electron chi connectivity index (χ2n) is 5.63. The van der Waals surface area contributed by atoms with Crippen molar-refractivity contribution in [1.82, 2.24) is 15.1 Å². The molecule has 0 bridgehead atoms. The van der Waals surface area contributed by atoms with Gasteiger partial charge in [-0.1, -0.05) is 25.1 Å². The molecular weight excluding hydrogens is 306 g/mol. The molecule has 6 nitrogen and oxygen atoms in total. The molecule has 24 heavy (non-hydrogen) atoms. The van der Waals surface area contributed by atoms with Gasteiger partial charge in [-0.15, -0.1) is 0 Å². The molecule has 0 aliphatic heterocycles. The molecule has 0 aliphatic carbocycles. The van der Waals surface area contributed by atoms with Crippen LogP contribution < -0.4 is 5.32 Å². The monoisotopic (exact) mass is 329 g/mol. The van der Waals surface area contributed by atoms with Crippen LogP contribution in [0, 0.1) is 13.8 Å². The van der Waals surface area contributed by atoms with Crippen molar-refractivity contribution >= 4 is 11.9 Å². The summed E-state index contributed by atoms with van der Waals surface area (Å²) in [6, 6.07) is 9.56. The fourth-order valence-corrected chi connectivity index (χ4v) is 2.42. The molecule has 0 spiro atoms. The lowest BCUT2D eigenvalue weighted by Crippen LogP contribution is -2.36. The van der Waals surface area contributed by atoms with Crippen molar-refractivity contribution in [2.24, 2.45) is 0 Å². The van der Waals surface area contributed by atoms with E-state index in [-0.39, 0.29) is 5.91 Å². The molecule has 0 aliphatic rings. The summed E-state index contributed by atoms with van der Waals surface area (Å²) < 4.78 is 7.00. The van der Waals surface area contributed by atoms with E-state index in [2.05, 4.69) is 10.4 Å². The first-order chi connectivity index (χ1) is 11.5. The van der Waals surface area contributed by atoms with E-state index in [0.29, 0.717) is 23.5 Å². The minimum absolute atomic E-state index is 0.295. The Kier molecular flexibility index (Phi) is 5.73. The highest BCUT2D eigenvalue weighted by Gasteiger charge is 2.24. The topological polar surface area (TPSA) is 73.2 Å². The Hall–Kier alpha value is -2.63. The lowest BCUT2D eigenvalue weighted by molar-refractivity contribution is -0.129. The van der Waals surface area contributed by atoms with Crippen molar-refractivity contribution < 1.29 is 14.3 Å². The van der Waals surface area contributed by atoms with Crippen molar-refractivity contribution in [2.75, 3.05) is 6.54 Å². The molecule has 1 aromatic carbocycles. The number of amides is 1. The Labute approximate surface area is 141 Å². The second-order valence-corrected chi connectivity index (χ2v) is 5.63. The van der Waals surface area contributed by atoms with Gasteiger partial charge < -0.3 is 10.1 Å². The van der Waals surface area contributed by atoms with Crippen molar-refractivity contribution in [3.05, 3.63) is 47.3 Å². The molecule has 0 radical (unpaired) electrons. The fraction of sp³-hybridized carbons (Fsp3) is 0.389. The molecule has 1 aromatic heterocycles. The number of nitrogens with one attached hydrogen (secondary N) is 1. The maximum atomic E-state index is 12.5. The van der Waals surface area contributed by atoms with Crippen LogP contribution in [0.3, 0.4) is 0 Å². The molecule has 2 aromatic rings. The summed E-state index contributed by atoms with van der Waals surface area (Å²) in [6.45, 7) is 7.65. The van der Waals surface area contributed by atoms with Crippen LogP contribution in [0.15, 0.2) is 30.3 Å². The number of para-hydroxylation sites is 1. The Bertz CT molecular complexity index is 723. The summed E-state index contributed by atoms with van der Waals surface area (Å²) in [4.78, 5) is 24.3. The molecule has 1 amide bonds. The van der Waals surface area contributed by atoms with Gasteiger partial charge in [0, 0.05) is 6.54 Å². The van der Waals surface area contributed by atoms with Crippen LogP contribution in [-0.4, -0.2) is 34.3 Å². The molecule has 2 rings (SSSR count). The number of esters is 1. The van der Waals surface area contributed by atoms with Crippen molar-refractivity contribution in [2.45, 2.75) is 40.2 Å². The zero-order valence-electron chi connectivity index (χ0n) is 14.5. The van der Waals surface area contributed by atoms with Gasteiger partial charge in [-0.2, -0.15) is 5.10 Å². The molecule has 0 unspecified atom stereocenters. The van der Waals surface area contributed by atoms with Crippen LogP contribution in [-0.2, 0) is 9.53 Å². The maximum Gasteiger partial charge on any atom is 0.342 e. The lowest BCUT2D eigenvalue weighted by atomic mass is 10.2. The highest BCUT2D eigenvalue weighted by atomic mass is 16.5. The number of rotatable bonds is 6. The van der Waals surface area contributed by atoms with Crippen molar-refractivity contribution in [1.29, 1.82) is 0 Å². The van der Waals surface area contributed by atoms with E-state index in [1.54, 1.807) is 18.5 Å². The SMILES string of the molecule is CCCNC(=O)[C@@H](C)OC(=O)c1c(C)nn(-c2ccccc2)c1C. The van der Waals surface area contributed by atoms with Gasteiger partial charge in [0.15, 0.2) is 6.10 Å². The largest absolute Gasteiger partial charge is 0.449 e. The summed E-state index contributed by atoms with van der Waals surface area (Å²) in [5, 5.41) is 7.13. The first-order valence-corrected chi connectivity index (χ1v) is 8.06. The summed E-state index contributed by atoms with van der Waals surface area (Å²) in [6.07, 6.45) is -0.0167. The molecule has 1 atom stereocenters. The third kappa shape index (κ3) is 3.82. The van der Waals surface area contributed by atoms with Gasteiger partial charge in [0.25, 0.3) is 5.91 Å². The maximum absolute atomic E-state index is 12.5. The van der Waals surface area contributed by atoms with E-state index in [1.807, 2.05) is 44.2 Å². The van der Waals surface area contributed by atoms with Crippen LogP contribution in [0.2, 0.25) is 0 Å². The number of ether oxygens (including phenoxy) is 1. The molecular formula is C18H23N3O3. The minimum atomic E-state index is -0.845. The Morgan fingerprint density at radius 3 is 2.54 bits per heavy atom. The predicted molar refractivity (Wildman–Crippen MR) is 91.2 cm³/mol. The van der Waals surface area contributed by atoms with Gasteiger partial charge in [0.05, 0.1) is 17.1 Å². The Balaban J connectivity index is 2.19. The normalized spacial score (nSPS) is 11.8. The lowest BCUT2D eigenvalue weighted by Gasteiger charge is -2.13. The quantitative estimate of drug-likeness (QED) is 0.827. The summed E-state index contributed by atoms with van der Waals surface area (Å²) in [7, 11) is 0. The molecule has 0 saturated heterocycles. The number of hydrogen-bond donors (Lipinski definition) is 1. The van der Waals surface area contributed by atoms with Crippen LogP contribution in [0.1, 0.15) is 42.0 Å². The average molecular weight is 329 g/mol. The number of hydrogen-bond acceptors (Lipinski definition) is 4. The van der Waals surface area contributed by atoms with E-state index in [9.17, 15) is 9.59 Å². The first kappa shape index (κ1) is 17.7. The average Bonchev–Trinajstić information content (AvgIpc) is 2.87. The smallest absolute Gasteiger partial charge is 0.342 e. The number of benzene rings is 1. The van der Waals surface area contributed by atoms with E-state index in [4.69, 9.17) is 4.74 Å². The third-order valence-electron chi connectivity index (χ3n) is 3.70. The molecule has 0 saturated carbocycles. The standard InChI is InChI=1S/C18H23N3O3/c1-5-11-19-17(22)14(4)24-18(23)16-12(2)20-21(13(16)3)15-9-7-6-8-10-15/h6-10,14H,5,11H2,1-4H3,(H,19,22)/t14-/m1/s1. The van der Waals surface area contributed by atoms with Gasteiger partial charge in [-0.05, 0) is 39.3 Å². The van der Waals surface area contributed by atoms with Crippen LogP contribution >= 0.6 is 0 Å². The van der Waals surface area contributed by atoms with E-state index >= 15 is 0 Å². The molecule has 1 N–H and O–H groups in total. The zero-order valence-corrected chi connectivity index (χ0v) is 14.5. The van der Waals surface area contributed by atoms with Gasteiger partial charge in [-0.25, -0.2) is 9.48 Å². The van der Waals surface area contributed by atoms with Gasteiger partial charge in [0.2, 0.25) is 0 Å². The summed E-state index contributed by atoms with van der Waals surface area (Å²) >= 11 is 0. The Morgan fingerprint density at radius 2 is 1.92 bits per heavy atom. The third-order valence-corrected chi connectivity index (χ3v) is 3.70. The number of aryl methyl sites for hydroxylation is 1. The number of aromatic nitrogens is 2. The van der Waals surface area contributed by atoms with Crippen molar-refractivity contribution in [3.63, 3.8) is 0 Å². The van der Waals surface area contributed by atoms with Crippen LogP contribution in [0.4, 0.5) is 0 Å². The van der Waals surface area contributed by atoms with Gasteiger partial charge >= 0.3 is 5.97 Å². The molecule has 1 heterocycles. The number of carbonyl (C=O) groups excluding carboxylic acids is 2. The molecule has 6 heteroatoms. The van der Waals surface area contributed by atoms with E-state index < -0.39 is 12.1 Å². The molecule has 128 valence electrons. The molecule has 0 fully saturated rings. The summed E-state index contributed by atoms with van der Waals surface area (Å²) in [5.41, 5.74) is 2.52. The second kappa shape index (κ2) is 7.77. The zero-order chi connectivity index (χ0) is 17.7. The highest BCUT2D eigenvalue weighted by Crippen LogP contribution is 2.19. The minimum Gasteiger partial charge on any atom is -0.449 e. The fourth-order valence-electron chi connectivity index (χ4n) is 2.42. The highest BCUT2D eigenvalue weighted by molar-refractivity contribution is 5.94. The van der Waals surface area contributed by atoms with Crippen LogP contribution in [0.5, 0.6) is 0 Å². The Morgan fingerprint density at radius 1 is 1.25 bits per heavy atom. The van der Waals surface area contributed by atoms with E-state index in [0.717, 1.165) is 12.1 Å². The number of carbonyl (C=O) groups is 2. The van der Waals surface area contributed by atoms with E-state index in [1.165, 1.54) is 0 Å². The first-order valence-electron chi connectivity index (χ1n) is 8.06. The number of nitrogens with zero attached hydrogens (tertiary/aromatic N) is 2. The van der Waals surface area contributed by atoms with Crippen LogP contribution in [0.25, 0.3) is 5.69 Å².